The molecule has 1 atom stereocenters. The van der Waals surface area contributed by atoms with Crippen molar-refractivity contribution in [2.24, 2.45) is 5.10 Å². The van der Waals surface area contributed by atoms with Crippen molar-refractivity contribution in [3.63, 3.8) is 0 Å². The molecule has 1 saturated carbocycles. The quantitative estimate of drug-likeness (QED) is 0.734. The van der Waals surface area contributed by atoms with E-state index in [2.05, 4.69) is 15.5 Å². The van der Waals surface area contributed by atoms with Crippen LogP contribution >= 0.6 is 0 Å². The third-order valence-corrected chi connectivity index (χ3v) is 5.91. The first kappa shape index (κ1) is 19.3. The van der Waals surface area contributed by atoms with Crippen LogP contribution in [0, 0.1) is 0 Å². The lowest BCUT2D eigenvalue weighted by molar-refractivity contribution is 0.298. The molecule has 1 aromatic carbocycles. The highest BCUT2D eigenvalue weighted by Crippen LogP contribution is 2.32. The van der Waals surface area contributed by atoms with Gasteiger partial charge < -0.3 is 15.4 Å². The summed E-state index contributed by atoms with van der Waals surface area (Å²) in [5, 5.41) is 15.2. The number of aromatic amines is 1. The summed E-state index contributed by atoms with van der Waals surface area (Å²) in [5.41, 5.74) is 4.62. The molecular formula is C21H27N5O3. The van der Waals surface area contributed by atoms with Gasteiger partial charge in [-0.2, -0.15) is 5.10 Å². The zero-order chi connectivity index (χ0) is 20.5. The van der Waals surface area contributed by atoms with Crippen molar-refractivity contribution in [3.8, 4) is 5.88 Å². The average Bonchev–Trinajstić information content (AvgIpc) is 3.18. The molecule has 3 N–H and O–H groups in total. The van der Waals surface area contributed by atoms with Gasteiger partial charge in [0, 0.05) is 32.2 Å². The topological polar surface area (TPSA) is 103 Å². The lowest BCUT2D eigenvalue weighted by atomic mass is 9.95. The first-order valence-electron chi connectivity index (χ1n) is 10.1. The van der Waals surface area contributed by atoms with Crippen molar-refractivity contribution < 1.29 is 5.11 Å². The zero-order valence-electron chi connectivity index (χ0n) is 16.8. The Balaban J connectivity index is 1.62. The Morgan fingerprint density at radius 3 is 2.45 bits per heavy atom. The predicted molar refractivity (Wildman–Crippen MR) is 113 cm³/mol. The van der Waals surface area contributed by atoms with Gasteiger partial charge in [0.05, 0.1) is 11.8 Å². The second-order valence-corrected chi connectivity index (χ2v) is 8.05. The van der Waals surface area contributed by atoms with Gasteiger partial charge in [-0.25, -0.2) is 4.79 Å². The molecule has 1 aliphatic heterocycles. The number of hydrogen-bond donors (Lipinski definition) is 3. The number of nitrogens with zero attached hydrogens (tertiary/aromatic N) is 3. The fraction of sp³-hybridized carbons (Fsp3) is 0.476. The molecule has 29 heavy (non-hydrogen) atoms. The van der Waals surface area contributed by atoms with Crippen LogP contribution in [0.2, 0.25) is 0 Å². The fourth-order valence-corrected chi connectivity index (χ4v) is 4.27. The van der Waals surface area contributed by atoms with E-state index in [0.717, 1.165) is 43.4 Å². The second-order valence-electron chi connectivity index (χ2n) is 8.05. The van der Waals surface area contributed by atoms with Crippen molar-refractivity contribution in [2.45, 2.75) is 50.6 Å². The number of aromatic nitrogens is 2. The van der Waals surface area contributed by atoms with Gasteiger partial charge in [-0.3, -0.25) is 14.3 Å². The van der Waals surface area contributed by atoms with Crippen LogP contribution < -0.4 is 21.6 Å². The molecule has 8 heteroatoms. The van der Waals surface area contributed by atoms with Gasteiger partial charge in [0.2, 0.25) is 5.88 Å². The van der Waals surface area contributed by atoms with Gasteiger partial charge in [0.15, 0.2) is 0 Å². The second kappa shape index (κ2) is 7.77. The normalized spacial score (nSPS) is 19.7. The zero-order valence-corrected chi connectivity index (χ0v) is 16.8. The third-order valence-electron chi connectivity index (χ3n) is 5.91. The fourth-order valence-electron chi connectivity index (χ4n) is 4.27. The van der Waals surface area contributed by atoms with Crippen molar-refractivity contribution >= 4 is 11.4 Å². The van der Waals surface area contributed by atoms with E-state index in [1.54, 1.807) is 0 Å². The van der Waals surface area contributed by atoms with Crippen LogP contribution in [0.5, 0.6) is 5.88 Å². The molecule has 154 valence electrons. The van der Waals surface area contributed by atoms with E-state index in [9.17, 15) is 14.7 Å². The summed E-state index contributed by atoms with van der Waals surface area (Å²) in [6.45, 7) is 0. The maximum atomic E-state index is 12.5. The van der Waals surface area contributed by atoms with Crippen LogP contribution in [0.15, 0.2) is 39.0 Å². The van der Waals surface area contributed by atoms with E-state index < -0.39 is 11.2 Å². The van der Waals surface area contributed by atoms with Gasteiger partial charge in [-0.1, -0.05) is 31.4 Å². The molecule has 0 unspecified atom stereocenters. The van der Waals surface area contributed by atoms with E-state index >= 15 is 0 Å². The largest absolute Gasteiger partial charge is 0.494 e. The molecule has 0 spiro atoms. The summed E-state index contributed by atoms with van der Waals surface area (Å²) in [6, 6.07) is 7.94. The SMILES string of the molecule is CN(C)c1ccc([C@@H]2CC(c3c(O)n(C4CCCCC4)c(=O)[nH]c3=O)=NN2)cc1. The highest BCUT2D eigenvalue weighted by Gasteiger charge is 2.29. The molecule has 1 aliphatic carbocycles. The summed E-state index contributed by atoms with van der Waals surface area (Å²) in [4.78, 5) is 29.3. The van der Waals surface area contributed by atoms with Crippen LogP contribution in [-0.2, 0) is 0 Å². The first-order valence-corrected chi connectivity index (χ1v) is 10.1. The number of aromatic hydroxyl groups is 1. The molecule has 0 amide bonds. The Hall–Kier alpha value is -3.03. The highest BCUT2D eigenvalue weighted by atomic mass is 16.3. The summed E-state index contributed by atoms with van der Waals surface area (Å²) in [7, 11) is 3.97. The van der Waals surface area contributed by atoms with Crippen LogP contribution in [0.25, 0.3) is 0 Å². The Morgan fingerprint density at radius 2 is 1.79 bits per heavy atom. The molecule has 2 aromatic rings. The molecule has 2 heterocycles. The van der Waals surface area contributed by atoms with Crippen molar-refractivity contribution in [1.82, 2.24) is 15.0 Å². The van der Waals surface area contributed by atoms with E-state index in [0.29, 0.717) is 12.1 Å². The van der Waals surface area contributed by atoms with E-state index in [-0.39, 0.29) is 23.5 Å². The summed E-state index contributed by atoms with van der Waals surface area (Å²) in [6.07, 6.45) is 5.26. The predicted octanol–water partition coefficient (Wildman–Crippen LogP) is 2.25. The molecule has 2 aliphatic rings. The van der Waals surface area contributed by atoms with Gasteiger partial charge in [0.1, 0.15) is 5.56 Å². The van der Waals surface area contributed by atoms with Crippen molar-refractivity contribution in [2.75, 3.05) is 19.0 Å². The molecule has 0 radical (unpaired) electrons. The minimum absolute atomic E-state index is 0.0869. The lowest BCUT2D eigenvalue weighted by Gasteiger charge is -2.25. The monoisotopic (exact) mass is 397 g/mol. The van der Waals surface area contributed by atoms with Gasteiger partial charge in [0.25, 0.3) is 5.56 Å². The number of benzene rings is 1. The smallest absolute Gasteiger partial charge is 0.331 e. The maximum Gasteiger partial charge on any atom is 0.331 e. The van der Waals surface area contributed by atoms with Crippen LogP contribution in [0.3, 0.4) is 0 Å². The first-order chi connectivity index (χ1) is 14.0. The molecular weight excluding hydrogens is 370 g/mol. The van der Waals surface area contributed by atoms with Gasteiger partial charge in [-0.05, 0) is 30.5 Å². The Bertz CT molecular complexity index is 1030. The van der Waals surface area contributed by atoms with E-state index in [1.807, 2.05) is 43.3 Å². The third kappa shape index (κ3) is 3.66. The maximum absolute atomic E-state index is 12.5. The number of hydrazone groups is 1. The van der Waals surface area contributed by atoms with Crippen molar-refractivity contribution in [3.05, 3.63) is 56.2 Å². The minimum Gasteiger partial charge on any atom is -0.494 e. The van der Waals surface area contributed by atoms with Crippen LogP contribution in [0.1, 0.15) is 61.7 Å². The molecule has 4 rings (SSSR count). The highest BCUT2D eigenvalue weighted by molar-refractivity contribution is 6.03. The van der Waals surface area contributed by atoms with Crippen LogP contribution in [-0.4, -0.2) is 34.5 Å². The van der Waals surface area contributed by atoms with Gasteiger partial charge in [-0.15, -0.1) is 0 Å². The molecule has 0 saturated heterocycles. The standard InChI is InChI=1S/C21H27N5O3/c1-25(2)14-10-8-13(9-11-14)16-12-17(24-23-16)18-19(27)22-21(29)26(20(18)28)15-6-4-3-5-7-15/h8-11,15-16,23,28H,3-7,12H2,1-2H3,(H,22,27,29)/t16-/m0/s1. The Labute approximate surface area is 168 Å². The number of nitrogens with one attached hydrogen (secondary N) is 2. The minimum atomic E-state index is -0.594. The van der Waals surface area contributed by atoms with Crippen molar-refractivity contribution in [1.29, 1.82) is 0 Å². The average molecular weight is 397 g/mol. The lowest BCUT2D eigenvalue weighted by Crippen LogP contribution is -2.36. The summed E-state index contributed by atoms with van der Waals surface area (Å²) < 4.78 is 1.34. The molecule has 8 nitrogen and oxygen atoms in total. The number of anilines is 1. The van der Waals surface area contributed by atoms with E-state index in [4.69, 9.17) is 0 Å². The Kier molecular flexibility index (Phi) is 5.17. The van der Waals surface area contributed by atoms with Gasteiger partial charge >= 0.3 is 5.69 Å². The summed E-state index contributed by atoms with van der Waals surface area (Å²) >= 11 is 0. The number of hydrogen-bond acceptors (Lipinski definition) is 6. The number of H-pyrrole nitrogens is 1. The van der Waals surface area contributed by atoms with E-state index in [1.165, 1.54) is 4.57 Å². The van der Waals surface area contributed by atoms with Crippen LogP contribution in [0.4, 0.5) is 5.69 Å². The molecule has 1 aromatic heterocycles. The molecule has 0 bridgehead atoms. The Morgan fingerprint density at radius 1 is 1.10 bits per heavy atom. The number of rotatable bonds is 4. The summed E-state index contributed by atoms with van der Waals surface area (Å²) in [5.74, 6) is -0.269. The molecule has 1 fully saturated rings.